The molecule has 2 N–H and O–H groups in total. The van der Waals surface area contributed by atoms with Crippen molar-refractivity contribution < 1.29 is 24.0 Å². The number of nitriles is 1. The van der Waals surface area contributed by atoms with Crippen LogP contribution in [0.5, 0.6) is 11.5 Å². The van der Waals surface area contributed by atoms with E-state index in [1.807, 2.05) is 25.1 Å². The van der Waals surface area contributed by atoms with E-state index in [0.717, 1.165) is 5.56 Å². The number of nitro benzene ring substituents is 1. The van der Waals surface area contributed by atoms with E-state index in [9.17, 15) is 25.0 Å². The van der Waals surface area contributed by atoms with Crippen LogP contribution < -0.4 is 20.1 Å². The maximum atomic E-state index is 12.5. The minimum absolute atomic E-state index is 0.181. The van der Waals surface area contributed by atoms with Crippen LogP contribution in [0.3, 0.4) is 0 Å². The highest BCUT2D eigenvalue weighted by molar-refractivity contribution is 6.09. The first-order chi connectivity index (χ1) is 17.3. The summed E-state index contributed by atoms with van der Waals surface area (Å²) in [4.78, 5) is 35.1. The molecule has 0 aromatic heterocycles. The molecular formula is C26H22N4O6. The van der Waals surface area contributed by atoms with Gasteiger partial charge in [0.15, 0.2) is 18.1 Å². The molecule has 0 radical (unpaired) electrons. The van der Waals surface area contributed by atoms with Crippen LogP contribution in [0.4, 0.5) is 17.1 Å². The largest absolute Gasteiger partial charge is 0.493 e. The van der Waals surface area contributed by atoms with Gasteiger partial charge in [0.2, 0.25) is 0 Å². The number of ether oxygens (including phenoxy) is 2. The molecule has 10 heteroatoms. The summed E-state index contributed by atoms with van der Waals surface area (Å²) >= 11 is 0. The van der Waals surface area contributed by atoms with Gasteiger partial charge < -0.3 is 20.1 Å². The number of hydrogen-bond donors (Lipinski definition) is 2. The van der Waals surface area contributed by atoms with Gasteiger partial charge in [0, 0.05) is 23.5 Å². The van der Waals surface area contributed by atoms with Crippen molar-refractivity contribution in [1.82, 2.24) is 0 Å². The second-order valence-electron chi connectivity index (χ2n) is 7.54. The number of carbonyl (C=O) groups is 2. The summed E-state index contributed by atoms with van der Waals surface area (Å²) in [6, 6.07) is 19.2. The van der Waals surface area contributed by atoms with Gasteiger partial charge in [0.25, 0.3) is 17.5 Å². The summed E-state index contributed by atoms with van der Waals surface area (Å²) in [6.07, 6.45) is 1.34. The van der Waals surface area contributed by atoms with Gasteiger partial charge in [-0.25, -0.2) is 0 Å². The van der Waals surface area contributed by atoms with E-state index >= 15 is 0 Å². The van der Waals surface area contributed by atoms with Crippen molar-refractivity contribution in [1.29, 1.82) is 5.26 Å². The molecule has 3 rings (SSSR count). The molecule has 36 heavy (non-hydrogen) atoms. The predicted molar refractivity (Wildman–Crippen MR) is 134 cm³/mol. The lowest BCUT2D eigenvalue weighted by atomic mass is 10.1. The molecule has 0 fully saturated rings. The smallest absolute Gasteiger partial charge is 0.271 e. The van der Waals surface area contributed by atoms with Crippen molar-refractivity contribution in [2.75, 3.05) is 24.4 Å². The average Bonchev–Trinajstić information content (AvgIpc) is 2.87. The van der Waals surface area contributed by atoms with Crippen molar-refractivity contribution in [2.45, 2.75) is 6.92 Å². The molecule has 0 spiro atoms. The molecule has 2 amide bonds. The number of rotatable bonds is 9. The Hall–Kier alpha value is -5.17. The van der Waals surface area contributed by atoms with E-state index in [4.69, 9.17) is 9.47 Å². The van der Waals surface area contributed by atoms with E-state index < -0.39 is 10.8 Å². The maximum Gasteiger partial charge on any atom is 0.271 e. The number of hydrogen-bond acceptors (Lipinski definition) is 7. The van der Waals surface area contributed by atoms with Gasteiger partial charge in [-0.15, -0.1) is 0 Å². The molecule has 182 valence electrons. The van der Waals surface area contributed by atoms with Gasteiger partial charge in [-0.3, -0.25) is 19.7 Å². The number of anilines is 2. The minimum Gasteiger partial charge on any atom is -0.493 e. The molecule has 0 unspecified atom stereocenters. The first kappa shape index (κ1) is 25.5. The van der Waals surface area contributed by atoms with Crippen molar-refractivity contribution in [3.63, 3.8) is 0 Å². The van der Waals surface area contributed by atoms with Gasteiger partial charge >= 0.3 is 0 Å². The molecule has 0 saturated heterocycles. The third-order valence-electron chi connectivity index (χ3n) is 4.87. The first-order valence-corrected chi connectivity index (χ1v) is 10.6. The molecule has 0 aliphatic heterocycles. The highest BCUT2D eigenvalue weighted by Crippen LogP contribution is 2.29. The molecule has 10 nitrogen and oxygen atoms in total. The van der Waals surface area contributed by atoms with Crippen LogP contribution in [0.1, 0.15) is 11.1 Å². The molecule has 0 atom stereocenters. The number of nitro groups is 1. The summed E-state index contributed by atoms with van der Waals surface area (Å²) in [5.74, 6) is -0.490. The van der Waals surface area contributed by atoms with Crippen LogP contribution in [0.15, 0.2) is 72.3 Å². The zero-order chi connectivity index (χ0) is 26.1. The Labute approximate surface area is 206 Å². The number of benzene rings is 3. The SMILES string of the molecule is COc1cc(/C=C(\C#N)C(=O)Nc2cccc([N+](=O)[O-])c2)ccc1OCC(=O)Nc1ccc(C)cc1. The Morgan fingerprint density at radius 1 is 1.03 bits per heavy atom. The third-order valence-corrected chi connectivity index (χ3v) is 4.87. The number of nitrogens with zero attached hydrogens (tertiary/aromatic N) is 2. The van der Waals surface area contributed by atoms with E-state index in [1.165, 1.54) is 37.5 Å². The van der Waals surface area contributed by atoms with Crippen molar-refractivity contribution in [3.05, 3.63) is 93.5 Å². The predicted octanol–water partition coefficient (Wildman–Crippen LogP) is 4.48. The van der Waals surface area contributed by atoms with Crippen LogP contribution in [-0.4, -0.2) is 30.5 Å². The molecule has 0 heterocycles. The zero-order valence-corrected chi connectivity index (χ0v) is 19.5. The highest BCUT2D eigenvalue weighted by atomic mass is 16.6. The number of non-ortho nitro benzene ring substituents is 1. The molecule has 0 bridgehead atoms. The number of carbonyl (C=O) groups excluding carboxylic acids is 2. The summed E-state index contributed by atoms with van der Waals surface area (Å²) in [5.41, 5.74) is 1.95. The monoisotopic (exact) mass is 486 g/mol. The van der Waals surface area contributed by atoms with E-state index in [0.29, 0.717) is 22.7 Å². The summed E-state index contributed by atoms with van der Waals surface area (Å²) in [7, 11) is 1.42. The number of aryl methyl sites for hydroxylation is 1. The number of nitrogens with one attached hydrogen (secondary N) is 2. The Morgan fingerprint density at radius 3 is 2.44 bits per heavy atom. The summed E-state index contributed by atoms with van der Waals surface area (Å²) < 4.78 is 10.9. The van der Waals surface area contributed by atoms with Gasteiger partial charge in [-0.1, -0.05) is 29.8 Å². The molecule has 3 aromatic carbocycles. The van der Waals surface area contributed by atoms with Crippen molar-refractivity contribution in [2.24, 2.45) is 0 Å². The second-order valence-corrected chi connectivity index (χ2v) is 7.54. The first-order valence-electron chi connectivity index (χ1n) is 10.6. The lowest BCUT2D eigenvalue weighted by Gasteiger charge is -2.12. The fraction of sp³-hybridized carbons (Fsp3) is 0.115. The van der Waals surface area contributed by atoms with Gasteiger partial charge in [-0.05, 0) is 48.9 Å². The van der Waals surface area contributed by atoms with Gasteiger partial charge in [0.1, 0.15) is 11.6 Å². The van der Waals surface area contributed by atoms with Crippen LogP contribution >= 0.6 is 0 Å². The van der Waals surface area contributed by atoms with E-state index in [2.05, 4.69) is 10.6 Å². The van der Waals surface area contributed by atoms with Crippen molar-refractivity contribution >= 4 is 35.0 Å². The van der Waals surface area contributed by atoms with Gasteiger partial charge in [0.05, 0.1) is 12.0 Å². The molecule has 0 saturated carbocycles. The Balaban J connectivity index is 1.68. The fourth-order valence-electron chi connectivity index (χ4n) is 3.08. The molecular weight excluding hydrogens is 464 g/mol. The van der Waals surface area contributed by atoms with Crippen LogP contribution in [-0.2, 0) is 9.59 Å². The van der Waals surface area contributed by atoms with Gasteiger partial charge in [-0.2, -0.15) is 5.26 Å². The lowest BCUT2D eigenvalue weighted by Crippen LogP contribution is -2.20. The van der Waals surface area contributed by atoms with E-state index in [1.54, 1.807) is 30.3 Å². The number of amides is 2. The maximum absolute atomic E-state index is 12.5. The standard InChI is InChI=1S/C26H22N4O6/c1-17-6-9-20(10-7-17)28-25(31)16-36-23-11-8-18(13-24(23)35-2)12-19(15-27)26(32)29-21-4-3-5-22(14-21)30(33)34/h3-14H,16H2,1-2H3,(H,28,31)(H,29,32)/b19-12+. The van der Waals surface area contributed by atoms with Crippen LogP contribution in [0.25, 0.3) is 6.08 Å². The molecule has 0 aliphatic rings. The van der Waals surface area contributed by atoms with Crippen LogP contribution in [0.2, 0.25) is 0 Å². The summed E-state index contributed by atoms with van der Waals surface area (Å²) in [6.45, 7) is 1.69. The van der Waals surface area contributed by atoms with Crippen molar-refractivity contribution in [3.8, 4) is 17.6 Å². The van der Waals surface area contributed by atoms with Crippen LogP contribution in [0, 0.1) is 28.4 Å². The zero-order valence-electron chi connectivity index (χ0n) is 19.5. The third kappa shape index (κ3) is 6.91. The summed E-state index contributed by atoms with van der Waals surface area (Å²) in [5, 5.41) is 25.6. The Bertz CT molecular complexity index is 1360. The van der Waals surface area contributed by atoms with E-state index in [-0.39, 0.29) is 29.5 Å². The lowest BCUT2D eigenvalue weighted by molar-refractivity contribution is -0.384. The minimum atomic E-state index is -0.731. The molecule has 3 aromatic rings. The average molecular weight is 486 g/mol. The topological polar surface area (TPSA) is 144 Å². The number of methoxy groups -OCH3 is 1. The molecule has 0 aliphatic carbocycles. The normalized spacial score (nSPS) is 10.6. The quantitative estimate of drug-likeness (QED) is 0.196. The second kappa shape index (κ2) is 11.8. The highest BCUT2D eigenvalue weighted by Gasteiger charge is 2.14. The fourth-order valence-corrected chi connectivity index (χ4v) is 3.08. The Morgan fingerprint density at radius 2 is 1.78 bits per heavy atom. The Kier molecular flexibility index (Phi) is 8.35.